The number of benzene rings is 2. The molecule has 0 radical (unpaired) electrons. The molecule has 0 saturated heterocycles. The van der Waals surface area contributed by atoms with Crippen LogP contribution in [0.2, 0.25) is 0 Å². The van der Waals surface area contributed by atoms with Crippen LogP contribution in [0, 0.1) is 22.9 Å². The molecule has 2 rings (SSSR count). The predicted molar refractivity (Wildman–Crippen MR) is 76.6 cm³/mol. The smallest absolute Gasteiger partial charge is 0.292 e. The molecule has 0 unspecified atom stereocenters. The van der Waals surface area contributed by atoms with Crippen LogP contribution in [0.4, 0.5) is 21.5 Å². The van der Waals surface area contributed by atoms with Crippen LogP contribution in [0.1, 0.15) is 15.9 Å². The number of nitrogens with zero attached hydrogens (tertiary/aromatic N) is 1. The third-order valence-corrected chi connectivity index (χ3v) is 2.89. The number of amides is 1. The van der Waals surface area contributed by atoms with Gasteiger partial charge in [0.15, 0.2) is 0 Å². The van der Waals surface area contributed by atoms with Crippen molar-refractivity contribution in [2.75, 3.05) is 11.1 Å². The average molecular weight is 289 g/mol. The first kappa shape index (κ1) is 14.4. The zero-order valence-corrected chi connectivity index (χ0v) is 11.1. The second kappa shape index (κ2) is 5.58. The van der Waals surface area contributed by atoms with E-state index in [0.29, 0.717) is 0 Å². The number of aryl methyl sites for hydroxylation is 1. The van der Waals surface area contributed by atoms with Crippen LogP contribution >= 0.6 is 0 Å². The third-order valence-electron chi connectivity index (χ3n) is 2.89. The number of para-hydroxylation sites is 1. The fourth-order valence-corrected chi connectivity index (χ4v) is 1.83. The largest absolute Gasteiger partial charge is 0.396 e. The Kier molecular flexibility index (Phi) is 3.84. The molecule has 2 aromatic carbocycles. The highest BCUT2D eigenvalue weighted by Gasteiger charge is 2.18. The summed E-state index contributed by atoms with van der Waals surface area (Å²) in [5, 5.41) is 13.3. The maximum absolute atomic E-state index is 13.3. The molecule has 2 aromatic rings. The molecule has 0 fully saturated rings. The number of rotatable bonds is 3. The molecule has 0 aromatic heterocycles. The molecular weight excluding hydrogens is 277 g/mol. The van der Waals surface area contributed by atoms with E-state index in [1.165, 1.54) is 24.3 Å². The first-order valence-corrected chi connectivity index (χ1v) is 6.00. The molecule has 21 heavy (non-hydrogen) atoms. The summed E-state index contributed by atoms with van der Waals surface area (Å²) >= 11 is 0. The Bertz CT molecular complexity index is 731. The number of hydrogen-bond acceptors (Lipinski definition) is 4. The topological polar surface area (TPSA) is 98.3 Å². The standard InChI is InChI=1S/C14H12FN3O3/c1-8-5-6-12(18(20)21)11(7-8)17-14(19)9-3-2-4-10(15)13(9)16/h2-7H,16H2,1H3,(H,17,19). The van der Waals surface area contributed by atoms with Gasteiger partial charge in [0.2, 0.25) is 0 Å². The van der Waals surface area contributed by atoms with Gasteiger partial charge >= 0.3 is 0 Å². The van der Waals surface area contributed by atoms with Crippen molar-refractivity contribution in [3.8, 4) is 0 Å². The van der Waals surface area contributed by atoms with Crippen molar-refractivity contribution in [3.05, 3.63) is 63.5 Å². The number of nitro benzene ring substituents is 1. The number of hydrogen-bond donors (Lipinski definition) is 2. The van der Waals surface area contributed by atoms with Crippen LogP contribution in [-0.2, 0) is 0 Å². The Balaban J connectivity index is 2.38. The fourth-order valence-electron chi connectivity index (χ4n) is 1.83. The molecule has 108 valence electrons. The van der Waals surface area contributed by atoms with Gasteiger partial charge in [-0.2, -0.15) is 0 Å². The summed E-state index contributed by atoms with van der Waals surface area (Å²) in [5.41, 5.74) is 5.65. The number of carbonyl (C=O) groups is 1. The number of halogens is 1. The van der Waals surface area contributed by atoms with Crippen LogP contribution in [0.15, 0.2) is 36.4 Å². The van der Waals surface area contributed by atoms with Gasteiger partial charge in [0.25, 0.3) is 11.6 Å². The molecule has 0 aliphatic heterocycles. The van der Waals surface area contributed by atoms with E-state index >= 15 is 0 Å². The van der Waals surface area contributed by atoms with E-state index in [-0.39, 0.29) is 22.6 Å². The molecule has 0 aliphatic rings. The number of nitrogens with two attached hydrogens (primary N) is 1. The van der Waals surface area contributed by atoms with Crippen molar-refractivity contribution < 1.29 is 14.1 Å². The summed E-state index contributed by atoms with van der Waals surface area (Å²) in [6.07, 6.45) is 0. The van der Waals surface area contributed by atoms with E-state index in [0.717, 1.165) is 11.6 Å². The Hall–Kier alpha value is -2.96. The molecule has 0 bridgehead atoms. The lowest BCUT2D eigenvalue weighted by Gasteiger charge is -2.09. The lowest BCUT2D eigenvalue weighted by atomic mass is 10.1. The average Bonchev–Trinajstić information content (AvgIpc) is 2.41. The van der Waals surface area contributed by atoms with Gasteiger partial charge in [-0.15, -0.1) is 0 Å². The van der Waals surface area contributed by atoms with Crippen molar-refractivity contribution >= 4 is 23.0 Å². The molecule has 6 nitrogen and oxygen atoms in total. The third kappa shape index (κ3) is 2.97. The predicted octanol–water partition coefficient (Wildman–Crippen LogP) is 2.88. The monoisotopic (exact) mass is 289 g/mol. The van der Waals surface area contributed by atoms with Crippen molar-refractivity contribution in [1.82, 2.24) is 0 Å². The minimum atomic E-state index is -0.721. The summed E-state index contributed by atoms with van der Waals surface area (Å²) < 4.78 is 13.3. The number of nitro groups is 1. The number of nitrogen functional groups attached to an aromatic ring is 1. The van der Waals surface area contributed by atoms with E-state index in [1.54, 1.807) is 13.0 Å². The van der Waals surface area contributed by atoms with Gasteiger partial charge in [-0.3, -0.25) is 14.9 Å². The van der Waals surface area contributed by atoms with Crippen molar-refractivity contribution in [2.45, 2.75) is 6.92 Å². The quantitative estimate of drug-likeness (QED) is 0.515. The summed E-state index contributed by atoms with van der Waals surface area (Å²) in [6.45, 7) is 1.73. The second-order valence-electron chi connectivity index (χ2n) is 4.43. The van der Waals surface area contributed by atoms with E-state index in [1.807, 2.05) is 0 Å². The lowest BCUT2D eigenvalue weighted by Crippen LogP contribution is -2.15. The summed E-state index contributed by atoms with van der Waals surface area (Å²) in [7, 11) is 0. The maximum Gasteiger partial charge on any atom is 0.292 e. The van der Waals surface area contributed by atoms with Crippen molar-refractivity contribution in [2.24, 2.45) is 0 Å². The molecule has 0 saturated carbocycles. The van der Waals surface area contributed by atoms with Crippen molar-refractivity contribution in [1.29, 1.82) is 0 Å². The SMILES string of the molecule is Cc1ccc([N+](=O)[O-])c(NC(=O)c2cccc(F)c2N)c1. The first-order valence-electron chi connectivity index (χ1n) is 6.00. The highest BCUT2D eigenvalue weighted by atomic mass is 19.1. The molecular formula is C14H12FN3O3. The van der Waals surface area contributed by atoms with E-state index < -0.39 is 16.6 Å². The molecule has 7 heteroatoms. The van der Waals surface area contributed by atoms with Gasteiger partial charge in [0.05, 0.1) is 16.2 Å². The van der Waals surface area contributed by atoms with Gasteiger partial charge in [-0.1, -0.05) is 12.1 Å². The van der Waals surface area contributed by atoms with Crippen molar-refractivity contribution in [3.63, 3.8) is 0 Å². The molecule has 1 amide bonds. The Morgan fingerprint density at radius 2 is 2.05 bits per heavy atom. The first-order chi connectivity index (χ1) is 9.90. The van der Waals surface area contributed by atoms with Gasteiger partial charge in [0, 0.05) is 6.07 Å². The van der Waals surface area contributed by atoms with Crippen LogP contribution in [0.3, 0.4) is 0 Å². The number of anilines is 2. The normalized spacial score (nSPS) is 10.2. The van der Waals surface area contributed by atoms with Crippen LogP contribution in [-0.4, -0.2) is 10.8 Å². The molecule has 3 N–H and O–H groups in total. The zero-order chi connectivity index (χ0) is 15.6. The minimum Gasteiger partial charge on any atom is -0.396 e. The lowest BCUT2D eigenvalue weighted by molar-refractivity contribution is -0.383. The number of carbonyl (C=O) groups excluding carboxylic acids is 1. The highest BCUT2D eigenvalue weighted by molar-refractivity contribution is 6.08. The Morgan fingerprint density at radius 1 is 1.33 bits per heavy atom. The maximum atomic E-state index is 13.3. The molecule has 0 heterocycles. The van der Waals surface area contributed by atoms with Gasteiger partial charge < -0.3 is 11.1 Å². The van der Waals surface area contributed by atoms with Crippen LogP contribution < -0.4 is 11.1 Å². The van der Waals surface area contributed by atoms with E-state index in [4.69, 9.17) is 5.73 Å². The Labute approximate surface area is 119 Å². The Morgan fingerprint density at radius 3 is 2.71 bits per heavy atom. The summed E-state index contributed by atoms with van der Waals surface area (Å²) in [4.78, 5) is 22.4. The number of nitrogens with one attached hydrogen (secondary N) is 1. The van der Waals surface area contributed by atoms with Gasteiger partial charge in [-0.25, -0.2) is 4.39 Å². The summed E-state index contributed by atoms with van der Waals surface area (Å²) in [6, 6.07) is 8.12. The van der Waals surface area contributed by atoms with Crippen LogP contribution in [0.5, 0.6) is 0 Å². The highest BCUT2D eigenvalue weighted by Crippen LogP contribution is 2.26. The van der Waals surface area contributed by atoms with Gasteiger partial charge in [-0.05, 0) is 30.7 Å². The van der Waals surface area contributed by atoms with Crippen LogP contribution in [0.25, 0.3) is 0 Å². The van der Waals surface area contributed by atoms with Gasteiger partial charge in [0.1, 0.15) is 11.5 Å². The fraction of sp³-hybridized carbons (Fsp3) is 0.0714. The molecule has 0 atom stereocenters. The van der Waals surface area contributed by atoms with E-state index in [9.17, 15) is 19.3 Å². The van der Waals surface area contributed by atoms with E-state index in [2.05, 4.69) is 5.32 Å². The molecule has 0 spiro atoms. The zero-order valence-electron chi connectivity index (χ0n) is 11.1. The second-order valence-corrected chi connectivity index (χ2v) is 4.43. The summed E-state index contributed by atoms with van der Waals surface area (Å²) in [5.74, 6) is -1.43. The molecule has 0 aliphatic carbocycles. The minimum absolute atomic E-state index is 0.0358.